The van der Waals surface area contributed by atoms with Crippen molar-refractivity contribution < 1.29 is 9.59 Å². The number of nitrogens with one attached hydrogen (secondary N) is 1. The lowest BCUT2D eigenvalue weighted by molar-refractivity contribution is -0.142. The minimum absolute atomic E-state index is 0.0673. The Morgan fingerprint density at radius 2 is 1.61 bits per heavy atom. The van der Waals surface area contributed by atoms with Crippen LogP contribution in [0.5, 0.6) is 0 Å². The molecular formula is C27H24N4O2. The first-order valence-corrected chi connectivity index (χ1v) is 11.1. The number of carbonyl (C=O) groups is 2. The van der Waals surface area contributed by atoms with E-state index in [-0.39, 0.29) is 23.8 Å². The quantitative estimate of drug-likeness (QED) is 0.490. The molecule has 5 rings (SSSR count). The number of rotatable bonds is 5. The molecule has 1 aliphatic rings. The van der Waals surface area contributed by atoms with E-state index in [1.54, 1.807) is 12.4 Å². The number of aromatic nitrogens is 2. The normalized spacial score (nSPS) is 18.3. The van der Waals surface area contributed by atoms with Crippen LogP contribution in [0.4, 0.5) is 5.69 Å². The highest BCUT2D eigenvalue weighted by molar-refractivity contribution is 5.96. The number of nitrogens with zero attached hydrogens (tertiary/aromatic N) is 3. The summed E-state index contributed by atoms with van der Waals surface area (Å²) in [5, 5.41) is 3.06. The van der Waals surface area contributed by atoms with Crippen molar-refractivity contribution in [2.24, 2.45) is 5.92 Å². The Kier molecular flexibility index (Phi) is 5.81. The summed E-state index contributed by atoms with van der Waals surface area (Å²) in [5.74, 6) is -0.401. The fourth-order valence-electron chi connectivity index (χ4n) is 4.53. The average Bonchev–Trinajstić information content (AvgIpc) is 2.86. The Balaban J connectivity index is 1.46. The summed E-state index contributed by atoms with van der Waals surface area (Å²) in [6.07, 6.45) is 4.12. The smallest absolute Gasteiger partial charge is 0.229 e. The Labute approximate surface area is 192 Å². The molecule has 1 fully saturated rings. The Hall–Kier alpha value is -4.06. The molecule has 0 spiro atoms. The first-order valence-electron chi connectivity index (χ1n) is 11.1. The third-order valence-electron chi connectivity index (χ3n) is 6.12. The predicted octanol–water partition coefficient (Wildman–Crippen LogP) is 4.75. The molecule has 4 aromatic rings. The van der Waals surface area contributed by atoms with Crippen molar-refractivity contribution in [3.05, 3.63) is 102 Å². The van der Waals surface area contributed by atoms with Crippen molar-refractivity contribution in [2.45, 2.75) is 25.4 Å². The highest BCUT2D eigenvalue weighted by Gasteiger charge is 2.40. The standard InChI is InChI=1S/C27H24N4O2/c32-25-14-12-22(27(33)30-21-11-13-23-24(17-21)29-16-15-28-23)26(20-9-5-2-6-10-20)31(25)18-19-7-3-1-4-8-19/h1-11,13,15-17,22,26H,12,14,18H2,(H,30,33). The number of fused-ring (bicyclic) bond motifs is 1. The van der Waals surface area contributed by atoms with E-state index in [2.05, 4.69) is 15.3 Å². The van der Waals surface area contributed by atoms with Crippen LogP contribution in [0.2, 0.25) is 0 Å². The van der Waals surface area contributed by atoms with E-state index < -0.39 is 0 Å². The van der Waals surface area contributed by atoms with Gasteiger partial charge in [-0.2, -0.15) is 0 Å². The fourth-order valence-corrected chi connectivity index (χ4v) is 4.53. The third-order valence-corrected chi connectivity index (χ3v) is 6.12. The summed E-state index contributed by atoms with van der Waals surface area (Å²) >= 11 is 0. The van der Waals surface area contributed by atoms with Crippen LogP contribution in [-0.4, -0.2) is 26.7 Å². The maximum absolute atomic E-state index is 13.5. The van der Waals surface area contributed by atoms with Crippen LogP contribution in [0, 0.1) is 5.92 Å². The molecule has 6 nitrogen and oxygen atoms in total. The highest BCUT2D eigenvalue weighted by Crippen LogP contribution is 2.38. The molecule has 33 heavy (non-hydrogen) atoms. The van der Waals surface area contributed by atoms with Crippen LogP contribution in [0.3, 0.4) is 0 Å². The van der Waals surface area contributed by atoms with Gasteiger partial charge in [-0.3, -0.25) is 19.6 Å². The number of hydrogen-bond donors (Lipinski definition) is 1. The largest absolute Gasteiger partial charge is 0.331 e. The molecule has 0 saturated carbocycles. The van der Waals surface area contributed by atoms with Gasteiger partial charge in [0, 0.05) is 31.0 Å². The molecule has 164 valence electrons. The number of carbonyl (C=O) groups excluding carboxylic acids is 2. The molecular weight excluding hydrogens is 412 g/mol. The van der Waals surface area contributed by atoms with E-state index in [4.69, 9.17) is 0 Å². The van der Waals surface area contributed by atoms with E-state index in [9.17, 15) is 9.59 Å². The minimum Gasteiger partial charge on any atom is -0.331 e. The van der Waals surface area contributed by atoms with Gasteiger partial charge in [0.2, 0.25) is 11.8 Å². The second-order valence-corrected chi connectivity index (χ2v) is 8.26. The lowest BCUT2D eigenvalue weighted by Gasteiger charge is -2.41. The molecule has 2 heterocycles. The molecule has 2 unspecified atom stereocenters. The Bertz CT molecular complexity index is 1280. The SMILES string of the molecule is O=C(Nc1ccc2nccnc2c1)C1CCC(=O)N(Cc2ccccc2)C1c1ccccc1. The number of anilines is 1. The highest BCUT2D eigenvalue weighted by atomic mass is 16.2. The molecule has 1 aromatic heterocycles. The third kappa shape index (κ3) is 4.46. The van der Waals surface area contributed by atoms with E-state index in [0.29, 0.717) is 25.1 Å². The van der Waals surface area contributed by atoms with Crippen LogP contribution >= 0.6 is 0 Å². The van der Waals surface area contributed by atoms with E-state index >= 15 is 0 Å². The molecule has 3 aromatic carbocycles. The van der Waals surface area contributed by atoms with Gasteiger partial charge in [-0.05, 0) is 35.7 Å². The zero-order valence-electron chi connectivity index (χ0n) is 18.1. The Morgan fingerprint density at radius 3 is 2.36 bits per heavy atom. The molecule has 1 saturated heterocycles. The molecule has 0 aliphatic carbocycles. The van der Waals surface area contributed by atoms with Crippen LogP contribution in [-0.2, 0) is 16.1 Å². The van der Waals surface area contributed by atoms with Gasteiger partial charge in [0.1, 0.15) is 0 Å². The minimum atomic E-state index is -0.369. The van der Waals surface area contributed by atoms with Crippen molar-refractivity contribution in [2.75, 3.05) is 5.32 Å². The van der Waals surface area contributed by atoms with Crippen molar-refractivity contribution in [1.29, 1.82) is 0 Å². The molecule has 1 aliphatic heterocycles. The lowest BCUT2D eigenvalue weighted by Crippen LogP contribution is -2.46. The summed E-state index contributed by atoms with van der Waals surface area (Å²) in [7, 11) is 0. The predicted molar refractivity (Wildman–Crippen MR) is 127 cm³/mol. The summed E-state index contributed by atoms with van der Waals surface area (Å²) in [6.45, 7) is 0.467. The topological polar surface area (TPSA) is 75.2 Å². The van der Waals surface area contributed by atoms with Gasteiger partial charge in [0.25, 0.3) is 0 Å². The van der Waals surface area contributed by atoms with E-state index in [1.807, 2.05) is 83.8 Å². The van der Waals surface area contributed by atoms with Crippen molar-refractivity contribution >= 4 is 28.5 Å². The molecule has 0 bridgehead atoms. The monoisotopic (exact) mass is 436 g/mol. The van der Waals surface area contributed by atoms with E-state index in [0.717, 1.165) is 22.2 Å². The number of likely N-dealkylation sites (tertiary alicyclic amines) is 1. The van der Waals surface area contributed by atoms with Crippen molar-refractivity contribution in [1.82, 2.24) is 14.9 Å². The van der Waals surface area contributed by atoms with Gasteiger partial charge in [0.15, 0.2) is 0 Å². The van der Waals surface area contributed by atoms with Gasteiger partial charge in [0.05, 0.1) is 23.0 Å². The van der Waals surface area contributed by atoms with Gasteiger partial charge >= 0.3 is 0 Å². The zero-order valence-corrected chi connectivity index (χ0v) is 18.1. The lowest BCUT2D eigenvalue weighted by atomic mass is 9.83. The molecule has 2 atom stereocenters. The summed E-state index contributed by atoms with van der Waals surface area (Å²) in [4.78, 5) is 37.0. The van der Waals surface area contributed by atoms with E-state index in [1.165, 1.54) is 0 Å². The first-order chi connectivity index (χ1) is 16.2. The number of benzene rings is 3. The maximum Gasteiger partial charge on any atom is 0.229 e. The second kappa shape index (κ2) is 9.20. The summed E-state index contributed by atoms with van der Waals surface area (Å²) in [5.41, 5.74) is 4.17. The summed E-state index contributed by atoms with van der Waals surface area (Å²) in [6, 6.07) is 24.9. The van der Waals surface area contributed by atoms with Crippen LogP contribution < -0.4 is 5.32 Å². The van der Waals surface area contributed by atoms with Crippen molar-refractivity contribution in [3.63, 3.8) is 0 Å². The van der Waals surface area contributed by atoms with Crippen molar-refractivity contribution in [3.8, 4) is 0 Å². The number of hydrogen-bond acceptors (Lipinski definition) is 4. The second-order valence-electron chi connectivity index (χ2n) is 8.26. The van der Waals surface area contributed by atoms with Crippen LogP contribution in [0.25, 0.3) is 11.0 Å². The average molecular weight is 437 g/mol. The zero-order chi connectivity index (χ0) is 22.6. The summed E-state index contributed by atoms with van der Waals surface area (Å²) < 4.78 is 0. The molecule has 6 heteroatoms. The van der Waals surface area contributed by atoms with Crippen LogP contribution in [0.1, 0.15) is 30.0 Å². The fraction of sp³-hybridized carbons (Fsp3) is 0.185. The van der Waals surface area contributed by atoms with Gasteiger partial charge in [-0.1, -0.05) is 60.7 Å². The van der Waals surface area contributed by atoms with Gasteiger partial charge < -0.3 is 10.2 Å². The van der Waals surface area contributed by atoms with Crippen LogP contribution in [0.15, 0.2) is 91.3 Å². The maximum atomic E-state index is 13.5. The van der Waals surface area contributed by atoms with Gasteiger partial charge in [-0.15, -0.1) is 0 Å². The number of amides is 2. The Morgan fingerprint density at radius 1 is 0.909 bits per heavy atom. The molecule has 2 amide bonds. The first kappa shape index (κ1) is 20.8. The van der Waals surface area contributed by atoms with Gasteiger partial charge in [-0.25, -0.2) is 0 Å². The molecule has 1 N–H and O–H groups in total. The molecule has 0 radical (unpaired) electrons. The number of piperidine rings is 1.